The fourth-order valence-electron chi connectivity index (χ4n) is 3.66. The molecule has 4 aromatic rings. The van der Waals surface area contributed by atoms with E-state index in [0.29, 0.717) is 24.5 Å². The molecule has 1 N–H and O–H groups in total. The van der Waals surface area contributed by atoms with Crippen molar-refractivity contribution in [1.29, 1.82) is 0 Å². The topological polar surface area (TPSA) is 65.4 Å². The zero-order chi connectivity index (χ0) is 22.5. The molecule has 0 aliphatic rings. The molecular weight excluding hydrogens is 402 g/mol. The number of hydrogen-bond acceptors (Lipinski definition) is 4. The summed E-state index contributed by atoms with van der Waals surface area (Å²) < 4.78 is 13.3. The lowest BCUT2D eigenvalue weighted by Crippen LogP contribution is -2.29. The molecule has 0 spiro atoms. The Balaban J connectivity index is 1.53. The number of aromatic nitrogens is 2. The molecule has 32 heavy (non-hydrogen) atoms. The van der Waals surface area contributed by atoms with Crippen molar-refractivity contribution < 1.29 is 14.3 Å². The summed E-state index contributed by atoms with van der Waals surface area (Å²) in [4.78, 5) is 17.6. The molecular formula is C26H27N3O3. The molecule has 0 radical (unpaired) electrons. The normalized spacial score (nSPS) is 11.8. The minimum atomic E-state index is -0.291. The largest absolute Gasteiger partial charge is 0.497 e. The monoisotopic (exact) mass is 429 g/mol. The third-order valence-corrected chi connectivity index (χ3v) is 5.36. The van der Waals surface area contributed by atoms with E-state index in [2.05, 4.69) is 16.8 Å². The van der Waals surface area contributed by atoms with Gasteiger partial charge in [0.05, 0.1) is 30.7 Å². The number of rotatable bonds is 8. The van der Waals surface area contributed by atoms with Gasteiger partial charge in [-0.25, -0.2) is 4.98 Å². The highest BCUT2D eigenvalue weighted by molar-refractivity contribution is 5.94. The number of amides is 1. The Hall–Kier alpha value is -3.80. The van der Waals surface area contributed by atoms with Crippen LogP contribution >= 0.6 is 0 Å². The van der Waals surface area contributed by atoms with Crippen LogP contribution in [0, 0.1) is 6.92 Å². The van der Waals surface area contributed by atoms with E-state index in [9.17, 15) is 4.79 Å². The van der Waals surface area contributed by atoms with Crippen molar-refractivity contribution in [3.8, 4) is 11.5 Å². The number of carbonyl (C=O) groups excluding carboxylic acids is 1. The molecule has 1 amide bonds. The molecule has 1 atom stereocenters. The van der Waals surface area contributed by atoms with Gasteiger partial charge in [0.15, 0.2) is 0 Å². The summed E-state index contributed by atoms with van der Waals surface area (Å²) in [5, 5.41) is 3.06. The van der Waals surface area contributed by atoms with E-state index in [1.165, 1.54) is 5.56 Å². The molecule has 0 fully saturated rings. The summed E-state index contributed by atoms with van der Waals surface area (Å²) in [6.45, 7) is 5.10. The maximum absolute atomic E-state index is 12.8. The molecule has 4 rings (SSSR count). The summed E-state index contributed by atoms with van der Waals surface area (Å²) >= 11 is 0. The van der Waals surface area contributed by atoms with Crippen LogP contribution < -0.4 is 14.8 Å². The second kappa shape index (κ2) is 9.56. The number of imidazole rings is 1. The maximum atomic E-state index is 12.8. The first-order valence-corrected chi connectivity index (χ1v) is 10.6. The van der Waals surface area contributed by atoms with Crippen molar-refractivity contribution in [1.82, 2.24) is 14.9 Å². The number of ether oxygens (including phenoxy) is 2. The van der Waals surface area contributed by atoms with E-state index in [1.807, 2.05) is 61.5 Å². The second-order valence-electron chi connectivity index (χ2n) is 7.70. The first kappa shape index (κ1) is 21.4. The van der Waals surface area contributed by atoms with Gasteiger partial charge in [-0.05, 0) is 56.3 Å². The van der Waals surface area contributed by atoms with Gasteiger partial charge >= 0.3 is 0 Å². The minimum absolute atomic E-state index is 0.175. The van der Waals surface area contributed by atoms with Crippen LogP contribution in [0.4, 0.5) is 0 Å². The molecule has 1 aromatic heterocycles. The van der Waals surface area contributed by atoms with Crippen LogP contribution in [0.15, 0.2) is 72.8 Å². The van der Waals surface area contributed by atoms with Crippen LogP contribution in [0.1, 0.15) is 34.7 Å². The number of carbonyl (C=O) groups is 1. The minimum Gasteiger partial charge on any atom is -0.497 e. The lowest BCUT2D eigenvalue weighted by atomic mass is 10.2. The highest BCUT2D eigenvalue weighted by Gasteiger charge is 2.19. The molecule has 1 heterocycles. The number of nitrogens with one attached hydrogen (secondary N) is 1. The van der Waals surface area contributed by atoms with Gasteiger partial charge in [-0.2, -0.15) is 0 Å². The molecule has 6 heteroatoms. The third-order valence-electron chi connectivity index (χ3n) is 5.36. The molecule has 0 aliphatic carbocycles. The Morgan fingerprint density at radius 1 is 1.03 bits per heavy atom. The first-order chi connectivity index (χ1) is 15.5. The maximum Gasteiger partial charge on any atom is 0.251 e. The molecule has 164 valence electrons. The molecule has 3 aromatic carbocycles. The molecule has 1 unspecified atom stereocenters. The van der Waals surface area contributed by atoms with Crippen LogP contribution in [-0.2, 0) is 6.54 Å². The first-order valence-electron chi connectivity index (χ1n) is 10.6. The second-order valence-corrected chi connectivity index (χ2v) is 7.70. The van der Waals surface area contributed by atoms with Crippen molar-refractivity contribution in [2.75, 3.05) is 13.7 Å². The average Bonchev–Trinajstić information content (AvgIpc) is 3.19. The highest BCUT2D eigenvalue weighted by Crippen LogP contribution is 2.22. The summed E-state index contributed by atoms with van der Waals surface area (Å²) in [7, 11) is 1.58. The number of para-hydroxylation sites is 2. The van der Waals surface area contributed by atoms with Gasteiger partial charge in [-0.3, -0.25) is 4.79 Å². The number of hydrogen-bond donors (Lipinski definition) is 1. The van der Waals surface area contributed by atoms with Crippen LogP contribution in [0.2, 0.25) is 0 Å². The molecule has 6 nitrogen and oxygen atoms in total. The molecule has 0 saturated carbocycles. The van der Waals surface area contributed by atoms with Crippen molar-refractivity contribution in [3.63, 3.8) is 0 Å². The lowest BCUT2D eigenvalue weighted by molar-refractivity contribution is 0.0937. The van der Waals surface area contributed by atoms with Gasteiger partial charge in [0.1, 0.15) is 23.9 Å². The highest BCUT2D eigenvalue weighted by atomic mass is 16.5. The van der Waals surface area contributed by atoms with Gasteiger partial charge in [-0.1, -0.05) is 35.9 Å². The summed E-state index contributed by atoms with van der Waals surface area (Å²) in [6, 6.07) is 22.8. The molecule has 0 bridgehead atoms. The van der Waals surface area contributed by atoms with E-state index in [-0.39, 0.29) is 11.9 Å². The summed E-state index contributed by atoms with van der Waals surface area (Å²) in [5.41, 5.74) is 3.64. The molecule has 0 saturated heterocycles. The standard InChI is InChI=1S/C26H27N3O3/c1-18-11-13-21(14-12-18)32-16-15-29-24-10-5-4-9-23(24)28-25(29)19(2)27-26(30)20-7-6-8-22(17-20)31-3/h4-14,17,19H,15-16H2,1-3H3,(H,27,30). The predicted molar refractivity (Wildman–Crippen MR) is 125 cm³/mol. The van der Waals surface area contributed by atoms with Gasteiger partial charge in [0, 0.05) is 5.56 Å². The number of nitrogens with zero attached hydrogens (tertiary/aromatic N) is 2. The lowest BCUT2D eigenvalue weighted by Gasteiger charge is -2.17. The van der Waals surface area contributed by atoms with Crippen LogP contribution in [0.25, 0.3) is 11.0 Å². The summed E-state index contributed by atoms with van der Waals surface area (Å²) in [6.07, 6.45) is 0. The zero-order valence-corrected chi connectivity index (χ0v) is 18.5. The fraction of sp³-hybridized carbons (Fsp3) is 0.231. The van der Waals surface area contributed by atoms with Crippen LogP contribution in [0.5, 0.6) is 11.5 Å². The van der Waals surface area contributed by atoms with Crippen molar-refractivity contribution in [2.45, 2.75) is 26.4 Å². The van der Waals surface area contributed by atoms with E-state index in [4.69, 9.17) is 14.5 Å². The Morgan fingerprint density at radius 2 is 1.81 bits per heavy atom. The van der Waals surface area contributed by atoms with E-state index in [0.717, 1.165) is 22.6 Å². The predicted octanol–water partition coefficient (Wildman–Crippen LogP) is 4.92. The number of methoxy groups -OCH3 is 1. The zero-order valence-electron chi connectivity index (χ0n) is 18.5. The summed E-state index contributed by atoms with van der Waals surface area (Å²) in [5.74, 6) is 2.09. The molecule has 0 aliphatic heterocycles. The van der Waals surface area contributed by atoms with E-state index in [1.54, 1.807) is 25.3 Å². The number of fused-ring (bicyclic) bond motifs is 1. The van der Waals surface area contributed by atoms with Gasteiger partial charge in [0.25, 0.3) is 5.91 Å². The Bertz CT molecular complexity index is 1210. The fourth-order valence-corrected chi connectivity index (χ4v) is 3.66. The van der Waals surface area contributed by atoms with Crippen molar-refractivity contribution in [2.24, 2.45) is 0 Å². The average molecular weight is 430 g/mol. The van der Waals surface area contributed by atoms with Crippen LogP contribution in [-0.4, -0.2) is 29.2 Å². The SMILES string of the molecule is COc1cccc(C(=O)NC(C)c2nc3ccccc3n2CCOc2ccc(C)cc2)c1. The van der Waals surface area contributed by atoms with Gasteiger partial charge in [-0.15, -0.1) is 0 Å². The third kappa shape index (κ3) is 4.75. The van der Waals surface area contributed by atoms with Crippen molar-refractivity contribution >= 4 is 16.9 Å². The van der Waals surface area contributed by atoms with E-state index < -0.39 is 0 Å². The smallest absolute Gasteiger partial charge is 0.251 e. The van der Waals surface area contributed by atoms with Gasteiger partial charge in [0.2, 0.25) is 0 Å². The Labute approximate surface area is 187 Å². The van der Waals surface area contributed by atoms with Crippen LogP contribution in [0.3, 0.4) is 0 Å². The number of benzene rings is 3. The van der Waals surface area contributed by atoms with E-state index >= 15 is 0 Å². The quantitative estimate of drug-likeness (QED) is 0.432. The Kier molecular flexibility index (Phi) is 6.40. The van der Waals surface area contributed by atoms with Gasteiger partial charge < -0.3 is 19.4 Å². The van der Waals surface area contributed by atoms with Crippen molar-refractivity contribution in [3.05, 3.63) is 89.7 Å². The number of aryl methyl sites for hydroxylation is 1. The Morgan fingerprint density at radius 3 is 2.59 bits per heavy atom.